The monoisotopic (exact) mass is 597 g/mol. The van der Waals surface area contributed by atoms with Crippen molar-refractivity contribution in [2.75, 3.05) is 17.4 Å². The van der Waals surface area contributed by atoms with E-state index in [4.69, 9.17) is 11.6 Å². The molecule has 0 radical (unpaired) electrons. The van der Waals surface area contributed by atoms with Crippen LogP contribution in [-0.2, 0) is 26.2 Å². The molecule has 220 valence electrons. The fourth-order valence-electron chi connectivity index (χ4n) is 4.42. The van der Waals surface area contributed by atoms with Crippen LogP contribution in [0.2, 0.25) is 5.02 Å². The van der Waals surface area contributed by atoms with E-state index >= 15 is 0 Å². The van der Waals surface area contributed by atoms with Crippen LogP contribution in [0.4, 0.5) is 5.69 Å². The van der Waals surface area contributed by atoms with Gasteiger partial charge in [0.15, 0.2) is 0 Å². The number of hydrogen-bond donors (Lipinski definition) is 1. The molecule has 2 amide bonds. The van der Waals surface area contributed by atoms with Gasteiger partial charge in [0, 0.05) is 18.1 Å². The van der Waals surface area contributed by atoms with Crippen LogP contribution in [0.15, 0.2) is 71.6 Å². The van der Waals surface area contributed by atoms with Gasteiger partial charge < -0.3 is 10.2 Å². The first-order valence-electron chi connectivity index (χ1n) is 14.0. The molecule has 0 bridgehead atoms. The molecule has 9 heteroatoms. The summed E-state index contributed by atoms with van der Waals surface area (Å²) >= 11 is 6.40. The number of amides is 2. The molecule has 0 saturated carbocycles. The minimum absolute atomic E-state index is 0.0574. The van der Waals surface area contributed by atoms with E-state index in [1.165, 1.54) is 17.0 Å². The highest BCUT2D eigenvalue weighted by Gasteiger charge is 2.33. The second-order valence-electron chi connectivity index (χ2n) is 10.3. The molecule has 0 fully saturated rings. The van der Waals surface area contributed by atoms with Gasteiger partial charge in [0.2, 0.25) is 11.8 Å². The Morgan fingerprint density at radius 1 is 0.902 bits per heavy atom. The zero-order chi connectivity index (χ0) is 30.2. The summed E-state index contributed by atoms with van der Waals surface area (Å²) in [6.45, 7) is 9.72. The van der Waals surface area contributed by atoms with Gasteiger partial charge in [-0.3, -0.25) is 13.9 Å². The minimum Gasteiger partial charge on any atom is -0.354 e. The van der Waals surface area contributed by atoms with Crippen molar-refractivity contribution in [3.63, 3.8) is 0 Å². The molecule has 7 nitrogen and oxygen atoms in total. The van der Waals surface area contributed by atoms with Crippen LogP contribution >= 0.6 is 11.6 Å². The maximum atomic E-state index is 14.1. The van der Waals surface area contributed by atoms with E-state index in [-0.39, 0.29) is 23.0 Å². The summed E-state index contributed by atoms with van der Waals surface area (Å²) in [5, 5.41) is 3.33. The minimum atomic E-state index is -4.15. The molecule has 0 aromatic heterocycles. The van der Waals surface area contributed by atoms with Gasteiger partial charge in [0.25, 0.3) is 10.0 Å². The molecule has 0 spiro atoms. The first-order chi connectivity index (χ1) is 19.5. The summed E-state index contributed by atoms with van der Waals surface area (Å²) in [6, 6.07) is 18.3. The van der Waals surface area contributed by atoms with Gasteiger partial charge in [-0.25, -0.2) is 8.42 Å². The third-order valence-corrected chi connectivity index (χ3v) is 9.22. The lowest BCUT2D eigenvalue weighted by molar-refractivity contribution is -0.140. The number of carbonyl (C=O) groups excluding carboxylic acids is 2. The molecular formula is C32H40ClN3O4S. The van der Waals surface area contributed by atoms with Crippen molar-refractivity contribution in [1.82, 2.24) is 10.2 Å². The van der Waals surface area contributed by atoms with Crippen LogP contribution in [0.1, 0.15) is 55.4 Å². The number of hydrogen-bond acceptors (Lipinski definition) is 4. The average molecular weight is 598 g/mol. The van der Waals surface area contributed by atoms with Crippen LogP contribution in [0.3, 0.4) is 0 Å². The highest BCUT2D eigenvalue weighted by atomic mass is 35.5. The van der Waals surface area contributed by atoms with E-state index < -0.39 is 28.5 Å². The predicted molar refractivity (Wildman–Crippen MR) is 166 cm³/mol. The van der Waals surface area contributed by atoms with Gasteiger partial charge >= 0.3 is 0 Å². The quantitative estimate of drug-likeness (QED) is 0.238. The largest absolute Gasteiger partial charge is 0.354 e. The summed E-state index contributed by atoms with van der Waals surface area (Å²) in [5.41, 5.74) is 3.88. The molecule has 41 heavy (non-hydrogen) atoms. The van der Waals surface area contributed by atoms with Crippen molar-refractivity contribution in [3.05, 3.63) is 94.0 Å². The number of anilines is 1. The van der Waals surface area contributed by atoms with Crippen LogP contribution in [0.25, 0.3) is 0 Å². The maximum Gasteiger partial charge on any atom is 0.264 e. The van der Waals surface area contributed by atoms with Gasteiger partial charge in [-0.1, -0.05) is 85.5 Å². The summed E-state index contributed by atoms with van der Waals surface area (Å²) in [7, 11) is -4.15. The summed E-state index contributed by atoms with van der Waals surface area (Å²) in [4.78, 5) is 28.9. The maximum absolute atomic E-state index is 14.1. The number of unbranched alkanes of at least 4 members (excludes halogenated alkanes) is 1. The van der Waals surface area contributed by atoms with Crippen LogP contribution in [0.5, 0.6) is 0 Å². The second kappa shape index (κ2) is 14.5. The zero-order valence-corrected chi connectivity index (χ0v) is 26.1. The highest BCUT2D eigenvalue weighted by molar-refractivity contribution is 7.92. The average Bonchev–Trinajstić information content (AvgIpc) is 2.94. The molecule has 3 aromatic rings. The van der Waals surface area contributed by atoms with Crippen molar-refractivity contribution in [1.29, 1.82) is 0 Å². The van der Waals surface area contributed by atoms with E-state index in [0.717, 1.165) is 39.4 Å². The number of carbonyl (C=O) groups is 2. The number of sulfonamides is 1. The smallest absolute Gasteiger partial charge is 0.264 e. The lowest BCUT2D eigenvalue weighted by Crippen LogP contribution is -2.52. The standard InChI is InChI=1S/C32H40ClN3O4S/c1-6-8-19-34-32(38)30(7-2)35(21-26-14-9-23(3)10-15-26)31(37)22-36(27-16-13-25(5)29(33)20-27)41(39,40)28-17-11-24(4)12-18-28/h9-18,20,30H,6-8,19,21-22H2,1-5H3,(H,34,38)/t30-/m1/s1. The third kappa shape index (κ3) is 8.33. The number of nitrogens with one attached hydrogen (secondary N) is 1. The predicted octanol–water partition coefficient (Wildman–Crippen LogP) is 6.18. The lowest BCUT2D eigenvalue weighted by Gasteiger charge is -2.33. The topological polar surface area (TPSA) is 86.8 Å². The lowest BCUT2D eigenvalue weighted by atomic mass is 10.1. The van der Waals surface area contributed by atoms with Gasteiger partial charge in [0.05, 0.1) is 10.6 Å². The number of nitrogens with zero attached hydrogens (tertiary/aromatic N) is 2. The fourth-order valence-corrected chi connectivity index (χ4v) is 6.00. The summed E-state index contributed by atoms with van der Waals surface area (Å²) in [5.74, 6) is -0.747. The summed E-state index contributed by atoms with van der Waals surface area (Å²) < 4.78 is 29.0. The second-order valence-corrected chi connectivity index (χ2v) is 12.6. The first-order valence-corrected chi connectivity index (χ1v) is 15.8. The van der Waals surface area contributed by atoms with Crippen LogP contribution in [-0.4, -0.2) is 44.3 Å². The number of rotatable bonds is 13. The molecular weight excluding hydrogens is 558 g/mol. The van der Waals surface area contributed by atoms with Crippen molar-refractivity contribution in [2.45, 2.75) is 71.4 Å². The highest BCUT2D eigenvalue weighted by Crippen LogP contribution is 2.29. The van der Waals surface area contributed by atoms with Crippen LogP contribution in [0, 0.1) is 20.8 Å². The van der Waals surface area contributed by atoms with Crippen molar-refractivity contribution in [2.24, 2.45) is 0 Å². The van der Waals surface area contributed by atoms with Crippen LogP contribution < -0.4 is 9.62 Å². The van der Waals surface area contributed by atoms with E-state index in [9.17, 15) is 18.0 Å². The van der Waals surface area contributed by atoms with Crippen molar-refractivity contribution < 1.29 is 18.0 Å². The molecule has 1 atom stereocenters. The molecule has 3 aromatic carbocycles. The molecule has 3 rings (SSSR count). The first kappa shape index (κ1) is 32.2. The molecule has 0 unspecified atom stereocenters. The molecule has 1 N–H and O–H groups in total. The van der Waals surface area contributed by atoms with Gasteiger partial charge in [0.1, 0.15) is 12.6 Å². The number of aryl methyl sites for hydroxylation is 3. The van der Waals surface area contributed by atoms with Gasteiger partial charge in [-0.15, -0.1) is 0 Å². The Morgan fingerprint density at radius 2 is 1.51 bits per heavy atom. The summed E-state index contributed by atoms with van der Waals surface area (Å²) in [6.07, 6.45) is 2.12. The van der Waals surface area contributed by atoms with E-state index in [2.05, 4.69) is 5.32 Å². The van der Waals surface area contributed by atoms with Crippen molar-refractivity contribution in [3.8, 4) is 0 Å². The number of benzene rings is 3. The van der Waals surface area contributed by atoms with Crippen molar-refractivity contribution >= 4 is 39.1 Å². The third-order valence-electron chi connectivity index (χ3n) is 7.02. The van der Waals surface area contributed by atoms with Gasteiger partial charge in [-0.05, 0) is 69.0 Å². The zero-order valence-electron chi connectivity index (χ0n) is 24.5. The molecule has 0 aliphatic rings. The Morgan fingerprint density at radius 3 is 2.07 bits per heavy atom. The number of halogens is 1. The normalized spacial score (nSPS) is 12.0. The van der Waals surface area contributed by atoms with Gasteiger partial charge in [-0.2, -0.15) is 0 Å². The Kier molecular flexibility index (Phi) is 11.4. The SMILES string of the molecule is CCCCNC(=O)[C@@H](CC)N(Cc1ccc(C)cc1)C(=O)CN(c1ccc(C)c(Cl)c1)S(=O)(=O)c1ccc(C)cc1. The molecule has 0 saturated heterocycles. The Labute approximate surface area is 249 Å². The Bertz CT molecular complexity index is 1440. The van der Waals surface area contributed by atoms with E-state index in [0.29, 0.717) is 18.0 Å². The van der Waals surface area contributed by atoms with E-state index in [1.54, 1.807) is 30.3 Å². The molecule has 0 aliphatic heterocycles. The van der Waals surface area contributed by atoms with E-state index in [1.807, 2.05) is 58.9 Å². The fraction of sp³-hybridized carbons (Fsp3) is 0.375. The Balaban J connectivity index is 2.05. The molecule has 0 heterocycles. The molecule has 0 aliphatic carbocycles. The Hall–Kier alpha value is -3.36.